The number of rotatable bonds is 11. The molecule has 1 fully saturated rings. The van der Waals surface area contributed by atoms with E-state index in [4.69, 9.17) is 9.47 Å². The number of aliphatic hydroxyl groups excluding tert-OH is 2. The number of carbonyl (C=O) groups excluding carboxylic acids is 3. The number of amides is 2. The minimum Gasteiger partial charge on any atom is -0.425 e. The Morgan fingerprint density at radius 1 is 1.07 bits per heavy atom. The third-order valence-electron chi connectivity index (χ3n) is 6.74. The summed E-state index contributed by atoms with van der Waals surface area (Å²) < 4.78 is 45.5. The first-order valence-corrected chi connectivity index (χ1v) is 13.3. The van der Waals surface area contributed by atoms with Crippen molar-refractivity contribution >= 4 is 23.8 Å². The zero-order valence-corrected chi connectivity index (χ0v) is 23.6. The van der Waals surface area contributed by atoms with Crippen molar-refractivity contribution in [2.75, 3.05) is 5.32 Å². The van der Waals surface area contributed by atoms with Gasteiger partial charge >= 0.3 is 18.4 Å². The van der Waals surface area contributed by atoms with Crippen molar-refractivity contribution in [3.05, 3.63) is 47.7 Å². The van der Waals surface area contributed by atoms with Gasteiger partial charge in [0.25, 0.3) is 0 Å². The van der Waals surface area contributed by atoms with Crippen LogP contribution in [-0.4, -0.2) is 74.4 Å². The zero-order valence-electron chi connectivity index (χ0n) is 23.6. The molecule has 2 aromatic rings. The van der Waals surface area contributed by atoms with Crippen LogP contribution in [0.25, 0.3) is 0 Å². The first kappa shape index (κ1) is 31.8. The number of carbonyl (C=O) groups is 3. The molecular weight excluding hydrogens is 578 g/mol. The van der Waals surface area contributed by atoms with Crippen LogP contribution < -0.4 is 20.1 Å². The third kappa shape index (κ3) is 7.45. The van der Waals surface area contributed by atoms with Crippen LogP contribution >= 0.6 is 0 Å². The summed E-state index contributed by atoms with van der Waals surface area (Å²) in [6, 6.07) is 5.15. The van der Waals surface area contributed by atoms with Gasteiger partial charge in [-0.2, -0.15) is 0 Å². The molecule has 0 aliphatic carbocycles. The molecule has 2 amide bonds. The number of nitrogens with one attached hydrogen (secondary N) is 2. The highest BCUT2D eigenvalue weighted by atomic mass is 19.3. The zero-order chi connectivity index (χ0) is 31.6. The topological polar surface area (TPSA) is 189 Å². The van der Waals surface area contributed by atoms with Gasteiger partial charge in [0.2, 0.25) is 12.2 Å². The fourth-order valence-corrected chi connectivity index (χ4v) is 4.61. The minimum absolute atomic E-state index is 0.00488. The van der Waals surface area contributed by atoms with Gasteiger partial charge in [0, 0.05) is 19.2 Å². The largest absolute Gasteiger partial charge is 0.586 e. The van der Waals surface area contributed by atoms with Crippen LogP contribution in [0, 0.1) is 11.8 Å². The van der Waals surface area contributed by atoms with Crippen molar-refractivity contribution < 1.29 is 57.4 Å². The number of β-lactam (4-membered cyclic amide) rings is 1. The molecule has 5 N–H and O–H groups in total. The van der Waals surface area contributed by atoms with Gasteiger partial charge in [0.15, 0.2) is 24.1 Å². The molecule has 1 aromatic carbocycles. The predicted octanol–water partition coefficient (Wildman–Crippen LogP) is 1.80. The number of benzene rings is 1. The number of fused-ring (bicyclic) bond motifs is 1. The summed E-state index contributed by atoms with van der Waals surface area (Å²) in [5.41, 5.74) is 0.925. The maximum Gasteiger partial charge on any atom is 0.586 e. The third-order valence-corrected chi connectivity index (χ3v) is 6.74. The Morgan fingerprint density at radius 3 is 2.44 bits per heavy atom. The van der Waals surface area contributed by atoms with Crippen molar-refractivity contribution in [2.45, 2.75) is 71.4 Å². The highest BCUT2D eigenvalue weighted by molar-refractivity contribution is 5.87. The summed E-state index contributed by atoms with van der Waals surface area (Å²) in [5.74, 6) is -2.79. The molecule has 2 aliphatic heterocycles. The Morgan fingerprint density at radius 2 is 1.77 bits per heavy atom. The van der Waals surface area contributed by atoms with Crippen molar-refractivity contribution in [1.29, 1.82) is 0 Å². The average molecular weight is 611 g/mol. The highest BCUT2D eigenvalue weighted by Crippen LogP contribution is 2.42. The Bertz CT molecular complexity index is 1360. The number of likely N-dealkylation sites (tertiary alicyclic amines) is 1. The van der Waals surface area contributed by atoms with E-state index >= 15 is 0 Å². The first-order valence-electron chi connectivity index (χ1n) is 13.3. The van der Waals surface area contributed by atoms with Crippen LogP contribution in [0.5, 0.6) is 11.5 Å². The van der Waals surface area contributed by atoms with E-state index in [1.165, 1.54) is 37.4 Å². The van der Waals surface area contributed by atoms with Gasteiger partial charge in [0.05, 0.1) is 17.9 Å². The van der Waals surface area contributed by atoms with Crippen LogP contribution in [0.15, 0.2) is 36.5 Å². The molecule has 0 saturated carbocycles. The standard InChI is InChI=1S/C27H32F2N4O10/c1-12(2)24(37)40-14(4)41-26(39)32-20-10-15(7-8-30-20)9-17-21(23(35)36)33(22(17)34)25(38)31-13(3)16-5-6-18-19(11-16)43-27(28,29)42-18/h5-8,10-14,17,21,23,25,31,35-36,38H,9H2,1-4H3,(H,30,32,39)/t13-,14?,17-,21+,25?/m1/s1. The van der Waals surface area contributed by atoms with Gasteiger partial charge < -0.3 is 34.3 Å². The fourth-order valence-electron chi connectivity index (χ4n) is 4.61. The second-order valence-electron chi connectivity index (χ2n) is 10.3. The Hall–Kier alpha value is -4.12. The molecule has 0 radical (unpaired) electrons. The summed E-state index contributed by atoms with van der Waals surface area (Å²) in [5, 5.41) is 35.9. The maximum absolute atomic E-state index is 13.3. The quantitative estimate of drug-likeness (QED) is 0.141. The van der Waals surface area contributed by atoms with Crippen LogP contribution in [0.4, 0.5) is 19.4 Å². The molecular formula is C27H32F2N4O10. The van der Waals surface area contributed by atoms with E-state index in [1.807, 2.05) is 0 Å². The number of esters is 1. The van der Waals surface area contributed by atoms with E-state index in [2.05, 4.69) is 25.1 Å². The molecule has 16 heteroatoms. The highest BCUT2D eigenvalue weighted by Gasteiger charge is 2.53. The lowest BCUT2D eigenvalue weighted by molar-refractivity contribution is -0.286. The molecule has 0 bridgehead atoms. The van der Waals surface area contributed by atoms with Gasteiger partial charge in [-0.3, -0.25) is 25.1 Å². The molecule has 5 atom stereocenters. The Balaban J connectivity index is 1.35. The summed E-state index contributed by atoms with van der Waals surface area (Å²) in [6.45, 7) is 6.22. The number of halogens is 2. The monoisotopic (exact) mass is 610 g/mol. The number of alkyl halides is 2. The van der Waals surface area contributed by atoms with Crippen molar-refractivity contribution in [3.8, 4) is 11.5 Å². The van der Waals surface area contributed by atoms with Crippen LogP contribution in [-0.2, 0) is 25.5 Å². The molecule has 1 aromatic heterocycles. The molecule has 14 nitrogen and oxygen atoms in total. The van der Waals surface area contributed by atoms with Crippen molar-refractivity contribution in [2.24, 2.45) is 11.8 Å². The minimum atomic E-state index is -3.79. The summed E-state index contributed by atoms with van der Waals surface area (Å²) in [7, 11) is 0. The van der Waals surface area contributed by atoms with Crippen molar-refractivity contribution in [3.63, 3.8) is 0 Å². The van der Waals surface area contributed by atoms with E-state index in [-0.39, 0.29) is 23.7 Å². The van der Waals surface area contributed by atoms with E-state index in [1.54, 1.807) is 26.8 Å². The summed E-state index contributed by atoms with van der Waals surface area (Å²) >= 11 is 0. The molecule has 0 spiro atoms. The van der Waals surface area contributed by atoms with Gasteiger partial charge in [-0.05, 0) is 48.7 Å². The predicted molar refractivity (Wildman–Crippen MR) is 141 cm³/mol. The van der Waals surface area contributed by atoms with Crippen LogP contribution in [0.3, 0.4) is 0 Å². The maximum atomic E-state index is 13.3. The lowest BCUT2D eigenvalue weighted by Gasteiger charge is -2.50. The molecule has 2 unspecified atom stereocenters. The summed E-state index contributed by atoms with van der Waals surface area (Å²) in [6.07, 6.45) is -8.19. The van der Waals surface area contributed by atoms with Crippen LogP contribution in [0.2, 0.25) is 0 Å². The molecule has 43 heavy (non-hydrogen) atoms. The number of ether oxygens (including phenoxy) is 4. The number of aliphatic hydroxyl groups is 3. The SMILES string of the molecule is CC(OC(=O)Nc1cc(C[C@H]2C(=O)N(C(O)N[C@H](C)c3ccc4c(c3)OC(F)(F)O4)[C@@H]2C(O)O)ccn1)OC(=O)C(C)C. The normalized spacial score (nSPS) is 20.8. The average Bonchev–Trinajstić information content (AvgIpc) is 3.22. The summed E-state index contributed by atoms with van der Waals surface area (Å²) in [4.78, 5) is 41.7. The molecule has 1 saturated heterocycles. The lowest BCUT2D eigenvalue weighted by atomic mass is 9.82. The Labute approximate surface area is 244 Å². The Kier molecular flexibility index (Phi) is 9.34. The molecule has 4 rings (SSSR count). The van der Waals surface area contributed by atoms with Gasteiger partial charge in [-0.15, -0.1) is 8.78 Å². The number of hydrogen-bond donors (Lipinski definition) is 5. The second-order valence-corrected chi connectivity index (χ2v) is 10.3. The number of nitrogens with zero attached hydrogens (tertiary/aromatic N) is 2. The van der Waals surface area contributed by atoms with Crippen LogP contribution in [0.1, 0.15) is 44.9 Å². The number of pyridine rings is 1. The molecule has 2 aliphatic rings. The fraction of sp³-hybridized carbons (Fsp3) is 0.481. The van der Waals surface area contributed by atoms with E-state index in [0.29, 0.717) is 11.1 Å². The molecule has 3 heterocycles. The van der Waals surface area contributed by atoms with Crippen molar-refractivity contribution in [1.82, 2.24) is 15.2 Å². The lowest BCUT2D eigenvalue weighted by Crippen LogP contribution is -2.71. The van der Waals surface area contributed by atoms with E-state index in [0.717, 1.165) is 4.90 Å². The number of anilines is 1. The smallest absolute Gasteiger partial charge is 0.425 e. The van der Waals surface area contributed by atoms with E-state index in [9.17, 15) is 38.5 Å². The number of hydrogen-bond acceptors (Lipinski definition) is 12. The first-order chi connectivity index (χ1) is 20.1. The van der Waals surface area contributed by atoms with E-state index < -0.39 is 67.1 Å². The second kappa shape index (κ2) is 12.6. The molecule has 234 valence electrons. The number of aromatic nitrogens is 1. The van der Waals surface area contributed by atoms with Gasteiger partial charge in [0.1, 0.15) is 5.82 Å². The van der Waals surface area contributed by atoms with Gasteiger partial charge in [-0.1, -0.05) is 19.9 Å². The van der Waals surface area contributed by atoms with Gasteiger partial charge in [-0.25, -0.2) is 9.78 Å².